The largest absolute Gasteiger partial charge is 0.334 e. The first-order valence-corrected chi connectivity index (χ1v) is 5.88. The highest BCUT2D eigenvalue weighted by molar-refractivity contribution is 5.87. The van der Waals surface area contributed by atoms with Gasteiger partial charge in [0, 0.05) is 37.2 Å². The van der Waals surface area contributed by atoms with Crippen molar-refractivity contribution >= 4 is 11.8 Å². The molecule has 0 aliphatic carbocycles. The van der Waals surface area contributed by atoms with Crippen molar-refractivity contribution in [2.45, 2.75) is 20.4 Å². The Labute approximate surface area is 111 Å². The van der Waals surface area contributed by atoms with E-state index in [9.17, 15) is 4.79 Å². The van der Waals surface area contributed by atoms with Crippen molar-refractivity contribution in [3.05, 3.63) is 35.5 Å². The van der Waals surface area contributed by atoms with Crippen LogP contribution in [-0.4, -0.2) is 25.8 Å². The molecule has 2 heterocycles. The molecule has 0 aromatic carbocycles. The van der Waals surface area contributed by atoms with Gasteiger partial charge in [0.05, 0.1) is 11.9 Å². The third kappa shape index (κ3) is 3.06. The third-order valence-electron chi connectivity index (χ3n) is 2.89. The highest BCUT2D eigenvalue weighted by Crippen LogP contribution is 2.11. The Morgan fingerprint density at radius 2 is 2.16 bits per heavy atom. The van der Waals surface area contributed by atoms with Crippen LogP contribution in [0.1, 0.15) is 17.0 Å². The van der Waals surface area contributed by atoms with E-state index < -0.39 is 0 Å². The number of amides is 2. The number of anilines is 1. The molecule has 2 amide bonds. The summed E-state index contributed by atoms with van der Waals surface area (Å²) in [4.78, 5) is 19.5. The molecule has 100 valence electrons. The first-order chi connectivity index (χ1) is 9.08. The summed E-state index contributed by atoms with van der Waals surface area (Å²) in [6.45, 7) is 4.32. The first kappa shape index (κ1) is 13.0. The molecule has 2 N–H and O–H groups in total. The molecule has 0 aliphatic rings. The molecular weight excluding hydrogens is 244 g/mol. The fraction of sp³-hybridized carbons (Fsp3) is 0.333. The molecule has 0 unspecified atom stereocenters. The number of carbonyl (C=O) groups is 1. The standard InChI is InChI=1S/C12H16N6O/c1-8-10(9(2)18(3)17-8)6-15-12(19)16-11-7-13-4-5-14-11/h4-5,7H,6H2,1-3H3,(H2,14,15,16,19). The molecule has 2 aromatic rings. The molecule has 0 saturated carbocycles. The van der Waals surface area contributed by atoms with Crippen LogP contribution >= 0.6 is 0 Å². The van der Waals surface area contributed by atoms with Gasteiger partial charge in [-0.3, -0.25) is 15.0 Å². The fourth-order valence-electron chi connectivity index (χ4n) is 1.77. The van der Waals surface area contributed by atoms with Gasteiger partial charge in [0.25, 0.3) is 0 Å². The van der Waals surface area contributed by atoms with Crippen LogP contribution in [0.5, 0.6) is 0 Å². The first-order valence-electron chi connectivity index (χ1n) is 5.88. The van der Waals surface area contributed by atoms with E-state index in [0.29, 0.717) is 12.4 Å². The van der Waals surface area contributed by atoms with Crippen molar-refractivity contribution < 1.29 is 4.79 Å². The summed E-state index contributed by atoms with van der Waals surface area (Å²) >= 11 is 0. The van der Waals surface area contributed by atoms with Gasteiger partial charge >= 0.3 is 6.03 Å². The van der Waals surface area contributed by atoms with Crippen LogP contribution in [0, 0.1) is 13.8 Å². The molecule has 7 heteroatoms. The van der Waals surface area contributed by atoms with Crippen LogP contribution in [0.15, 0.2) is 18.6 Å². The summed E-state index contributed by atoms with van der Waals surface area (Å²) in [5.41, 5.74) is 2.98. The minimum absolute atomic E-state index is 0.317. The monoisotopic (exact) mass is 260 g/mol. The van der Waals surface area contributed by atoms with E-state index in [2.05, 4.69) is 25.7 Å². The van der Waals surface area contributed by atoms with Crippen molar-refractivity contribution in [2.24, 2.45) is 7.05 Å². The average molecular weight is 260 g/mol. The molecule has 0 atom stereocenters. The Hall–Kier alpha value is -2.44. The number of nitrogens with one attached hydrogen (secondary N) is 2. The second kappa shape index (κ2) is 5.47. The summed E-state index contributed by atoms with van der Waals surface area (Å²) in [6, 6.07) is -0.317. The SMILES string of the molecule is Cc1nn(C)c(C)c1CNC(=O)Nc1cnccn1. The Balaban J connectivity index is 1.94. The lowest BCUT2D eigenvalue weighted by atomic mass is 10.2. The Kier molecular flexibility index (Phi) is 3.74. The third-order valence-corrected chi connectivity index (χ3v) is 2.89. The van der Waals surface area contributed by atoms with E-state index in [0.717, 1.165) is 17.0 Å². The summed E-state index contributed by atoms with van der Waals surface area (Å²) in [5, 5.41) is 9.67. The van der Waals surface area contributed by atoms with Gasteiger partial charge in [-0.1, -0.05) is 0 Å². The van der Waals surface area contributed by atoms with E-state index in [1.54, 1.807) is 10.9 Å². The molecule has 7 nitrogen and oxygen atoms in total. The van der Waals surface area contributed by atoms with Gasteiger partial charge in [-0.25, -0.2) is 9.78 Å². The van der Waals surface area contributed by atoms with E-state index >= 15 is 0 Å². The predicted molar refractivity (Wildman–Crippen MR) is 70.6 cm³/mol. The van der Waals surface area contributed by atoms with Gasteiger partial charge < -0.3 is 5.32 Å². The van der Waals surface area contributed by atoms with Gasteiger partial charge in [0.2, 0.25) is 0 Å². The average Bonchev–Trinajstić information content (AvgIpc) is 2.62. The van der Waals surface area contributed by atoms with Crippen molar-refractivity contribution in [3.63, 3.8) is 0 Å². The number of carbonyl (C=O) groups excluding carboxylic acids is 1. The van der Waals surface area contributed by atoms with E-state index in [4.69, 9.17) is 0 Å². The van der Waals surface area contributed by atoms with Gasteiger partial charge in [-0.15, -0.1) is 0 Å². The Morgan fingerprint density at radius 1 is 1.37 bits per heavy atom. The molecule has 0 saturated heterocycles. The highest BCUT2D eigenvalue weighted by atomic mass is 16.2. The van der Waals surface area contributed by atoms with Gasteiger partial charge in [-0.2, -0.15) is 5.10 Å². The van der Waals surface area contributed by atoms with Crippen LogP contribution in [0.25, 0.3) is 0 Å². The van der Waals surface area contributed by atoms with E-state index in [1.165, 1.54) is 12.4 Å². The fourth-order valence-corrected chi connectivity index (χ4v) is 1.77. The van der Waals surface area contributed by atoms with Gasteiger partial charge in [0.15, 0.2) is 5.82 Å². The second-order valence-corrected chi connectivity index (χ2v) is 4.17. The molecule has 0 aliphatic heterocycles. The Morgan fingerprint density at radius 3 is 2.74 bits per heavy atom. The lowest BCUT2D eigenvalue weighted by Crippen LogP contribution is -2.29. The normalized spacial score (nSPS) is 10.3. The maximum Gasteiger partial charge on any atom is 0.320 e. The molecular formula is C12H16N6O. The number of aromatic nitrogens is 4. The lowest BCUT2D eigenvalue weighted by molar-refractivity contribution is 0.251. The molecule has 19 heavy (non-hydrogen) atoms. The number of rotatable bonds is 3. The smallest absolute Gasteiger partial charge is 0.320 e. The van der Waals surface area contributed by atoms with Crippen LogP contribution < -0.4 is 10.6 Å². The molecule has 0 spiro atoms. The van der Waals surface area contributed by atoms with Crippen LogP contribution in [0.3, 0.4) is 0 Å². The van der Waals surface area contributed by atoms with Gasteiger partial charge in [0.1, 0.15) is 0 Å². The predicted octanol–water partition coefficient (Wildman–Crippen LogP) is 1.15. The van der Waals surface area contributed by atoms with Gasteiger partial charge in [-0.05, 0) is 13.8 Å². The van der Waals surface area contributed by atoms with Crippen LogP contribution in [0.2, 0.25) is 0 Å². The quantitative estimate of drug-likeness (QED) is 0.867. The summed E-state index contributed by atoms with van der Waals surface area (Å²) in [5.74, 6) is 0.416. The van der Waals surface area contributed by atoms with Crippen molar-refractivity contribution in [1.29, 1.82) is 0 Å². The Bertz CT molecular complexity index is 577. The lowest BCUT2D eigenvalue weighted by Gasteiger charge is -2.07. The molecule has 2 rings (SSSR count). The summed E-state index contributed by atoms with van der Waals surface area (Å²) < 4.78 is 1.80. The van der Waals surface area contributed by atoms with Crippen LogP contribution in [-0.2, 0) is 13.6 Å². The highest BCUT2D eigenvalue weighted by Gasteiger charge is 2.10. The number of aryl methyl sites for hydroxylation is 2. The second-order valence-electron chi connectivity index (χ2n) is 4.17. The van der Waals surface area contributed by atoms with Crippen LogP contribution in [0.4, 0.5) is 10.6 Å². The minimum atomic E-state index is -0.317. The van der Waals surface area contributed by atoms with Crippen molar-refractivity contribution in [3.8, 4) is 0 Å². The number of hydrogen-bond acceptors (Lipinski definition) is 4. The summed E-state index contributed by atoms with van der Waals surface area (Å²) in [7, 11) is 1.88. The zero-order valence-corrected chi connectivity index (χ0v) is 11.1. The molecule has 0 radical (unpaired) electrons. The number of nitrogens with zero attached hydrogens (tertiary/aromatic N) is 4. The zero-order chi connectivity index (χ0) is 13.8. The zero-order valence-electron chi connectivity index (χ0n) is 11.1. The maximum absolute atomic E-state index is 11.7. The minimum Gasteiger partial charge on any atom is -0.334 e. The van der Waals surface area contributed by atoms with E-state index in [-0.39, 0.29) is 6.03 Å². The van der Waals surface area contributed by atoms with Crippen molar-refractivity contribution in [1.82, 2.24) is 25.1 Å². The number of hydrogen-bond donors (Lipinski definition) is 2. The molecule has 2 aromatic heterocycles. The number of urea groups is 1. The molecule has 0 bridgehead atoms. The molecule has 0 fully saturated rings. The maximum atomic E-state index is 11.7. The van der Waals surface area contributed by atoms with Crippen molar-refractivity contribution in [2.75, 3.05) is 5.32 Å². The topological polar surface area (TPSA) is 84.7 Å². The van der Waals surface area contributed by atoms with E-state index in [1.807, 2.05) is 20.9 Å². The summed E-state index contributed by atoms with van der Waals surface area (Å²) in [6.07, 6.45) is 4.55.